The van der Waals surface area contributed by atoms with Crippen LogP contribution in [0.3, 0.4) is 0 Å². The number of nitrogens with one attached hydrogen (secondary N) is 1. The zero-order chi connectivity index (χ0) is 27.9. The van der Waals surface area contributed by atoms with Gasteiger partial charge < -0.3 is 10.2 Å². The van der Waals surface area contributed by atoms with E-state index in [0.29, 0.717) is 6.54 Å². The van der Waals surface area contributed by atoms with Gasteiger partial charge in [0.1, 0.15) is 12.6 Å². The molecule has 0 aliphatic heterocycles. The number of nitrogens with zero attached hydrogens (tertiary/aromatic N) is 2. The molecule has 0 aliphatic carbocycles. The van der Waals surface area contributed by atoms with E-state index in [1.807, 2.05) is 38.1 Å². The van der Waals surface area contributed by atoms with Crippen LogP contribution in [0.15, 0.2) is 77.7 Å². The molecule has 3 aromatic rings. The minimum atomic E-state index is -4.17. The van der Waals surface area contributed by atoms with Crippen molar-refractivity contribution in [2.45, 2.75) is 44.7 Å². The van der Waals surface area contributed by atoms with Gasteiger partial charge in [-0.25, -0.2) is 8.42 Å². The highest BCUT2D eigenvalue weighted by Gasteiger charge is 2.32. The van der Waals surface area contributed by atoms with Gasteiger partial charge >= 0.3 is 0 Å². The Morgan fingerprint density at radius 1 is 0.947 bits per heavy atom. The fourth-order valence-electron chi connectivity index (χ4n) is 3.87. The van der Waals surface area contributed by atoms with Crippen molar-refractivity contribution < 1.29 is 18.0 Å². The molecule has 0 aliphatic rings. The van der Waals surface area contributed by atoms with Gasteiger partial charge in [-0.2, -0.15) is 0 Å². The van der Waals surface area contributed by atoms with Gasteiger partial charge in [0.15, 0.2) is 0 Å². The Morgan fingerprint density at radius 2 is 1.66 bits per heavy atom. The van der Waals surface area contributed by atoms with E-state index in [-0.39, 0.29) is 33.1 Å². The number of hydrogen-bond donors (Lipinski definition) is 1. The van der Waals surface area contributed by atoms with Gasteiger partial charge in [-0.05, 0) is 56.2 Å². The number of aryl methyl sites for hydroxylation is 1. The lowest BCUT2D eigenvalue weighted by Crippen LogP contribution is -2.51. The quantitative estimate of drug-likeness (QED) is 0.330. The van der Waals surface area contributed by atoms with Crippen LogP contribution in [0.1, 0.15) is 31.4 Å². The van der Waals surface area contributed by atoms with Crippen molar-refractivity contribution in [3.8, 4) is 0 Å². The third-order valence-corrected chi connectivity index (χ3v) is 8.48. The normalized spacial score (nSPS) is 12.0. The molecule has 10 heteroatoms. The highest BCUT2D eigenvalue weighted by molar-refractivity contribution is 7.92. The van der Waals surface area contributed by atoms with Gasteiger partial charge in [0.05, 0.1) is 20.6 Å². The molecule has 0 radical (unpaired) electrons. The minimum absolute atomic E-state index is 0.0119. The molecule has 0 fully saturated rings. The van der Waals surface area contributed by atoms with Crippen molar-refractivity contribution in [1.29, 1.82) is 0 Å². The maximum absolute atomic E-state index is 13.8. The van der Waals surface area contributed by atoms with Gasteiger partial charge in [0, 0.05) is 13.1 Å². The molecule has 0 unspecified atom stereocenters. The number of amides is 2. The lowest BCUT2D eigenvalue weighted by Gasteiger charge is -2.32. The molecule has 7 nitrogen and oxygen atoms in total. The molecule has 0 heterocycles. The van der Waals surface area contributed by atoms with Crippen LogP contribution >= 0.6 is 23.2 Å². The second-order valence-electron chi connectivity index (χ2n) is 8.90. The standard InChI is InChI=1S/C28H31Cl2N3O4S/c1-4-15-31-28(35)21(3)32(18-22-10-8-9-20(2)16-22)27(34)19-33(23-13-14-25(29)26(30)17-23)38(36,37)24-11-6-5-7-12-24/h5-14,16-17,21H,4,15,18-19H2,1-3H3,(H,31,35)/t21-/m1/s1. The molecule has 3 aromatic carbocycles. The Labute approximate surface area is 234 Å². The Balaban J connectivity index is 2.03. The van der Waals surface area contributed by atoms with E-state index in [1.54, 1.807) is 25.1 Å². The van der Waals surface area contributed by atoms with Crippen molar-refractivity contribution in [2.24, 2.45) is 0 Å². The smallest absolute Gasteiger partial charge is 0.264 e. The lowest BCUT2D eigenvalue weighted by molar-refractivity contribution is -0.139. The van der Waals surface area contributed by atoms with Gasteiger partial charge in [-0.15, -0.1) is 0 Å². The number of rotatable bonds is 11. The molecule has 1 N–H and O–H groups in total. The average molecular weight is 577 g/mol. The summed E-state index contributed by atoms with van der Waals surface area (Å²) in [5.41, 5.74) is 2.00. The SMILES string of the molecule is CCCNC(=O)[C@@H](C)N(Cc1cccc(C)c1)C(=O)CN(c1ccc(Cl)c(Cl)c1)S(=O)(=O)c1ccccc1. The number of sulfonamides is 1. The number of carbonyl (C=O) groups excluding carboxylic acids is 2. The summed E-state index contributed by atoms with van der Waals surface area (Å²) < 4.78 is 28.5. The number of anilines is 1. The summed E-state index contributed by atoms with van der Waals surface area (Å²) in [6.45, 7) is 5.55. The highest BCUT2D eigenvalue weighted by Crippen LogP contribution is 2.31. The summed E-state index contributed by atoms with van der Waals surface area (Å²) in [5.74, 6) is -0.865. The number of benzene rings is 3. The van der Waals surface area contributed by atoms with Crippen LogP contribution in [-0.2, 0) is 26.2 Å². The largest absolute Gasteiger partial charge is 0.354 e. The summed E-state index contributed by atoms with van der Waals surface area (Å²) in [4.78, 5) is 28.1. The summed E-state index contributed by atoms with van der Waals surface area (Å²) in [7, 11) is -4.17. The first kappa shape index (κ1) is 29.5. The molecule has 38 heavy (non-hydrogen) atoms. The second kappa shape index (κ2) is 13.1. The topological polar surface area (TPSA) is 86.8 Å². The Kier molecular flexibility index (Phi) is 10.2. The molecule has 0 spiro atoms. The molecule has 3 rings (SSSR count). The van der Waals surface area contributed by atoms with Gasteiger partial charge in [0.2, 0.25) is 11.8 Å². The minimum Gasteiger partial charge on any atom is -0.354 e. The van der Waals surface area contributed by atoms with E-state index < -0.39 is 28.5 Å². The molecule has 0 saturated heterocycles. The van der Waals surface area contributed by atoms with E-state index in [4.69, 9.17) is 23.2 Å². The van der Waals surface area contributed by atoms with Crippen LogP contribution in [0.5, 0.6) is 0 Å². The fraction of sp³-hybridized carbons (Fsp3) is 0.286. The van der Waals surface area contributed by atoms with Gasteiger partial charge in [-0.1, -0.05) is 78.2 Å². The van der Waals surface area contributed by atoms with Crippen molar-refractivity contribution >= 4 is 50.7 Å². The average Bonchev–Trinajstić information content (AvgIpc) is 2.90. The van der Waals surface area contributed by atoms with Crippen LogP contribution in [0, 0.1) is 6.92 Å². The Bertz CT molecular complexity index is 1380. The van der Waals surface area contributed by atoms with E-state index >= 15 is 0 Å². The third-order valence-electron chi connectivity index (χ3n) is 5.95. The molecule has 0 bridgehead atoms. The molecular formula is C28H31Cl2N3O4S. The summed E-state index contributed by atoms with van der Waals surface area (Å²) in [5, 5.41) is 3.22. The van der Waals surface area contributed by atoms with Crippen molar-refractivity contribution in [3.05, 3.63) is 94.0 Å². The van der Waals surface area contributed by atoms with Crippen LogP contribution < -0.4 is 9.62 Å². The molecular weight excluding hydrogens is 545 g/mol. The third kappa shape index (κ3) is 7.28. The molecule has 202 valence electrons. The summed E-state index contributed by atoms with van der Waals surface area (Å²) in [6.07, 6.45) is 0.741. The zero-order valence-electron chi connectivity index (χ0n) is 21.5. The summed E-state index contributed by atoms with van der Waals surface area (Å²) in [6, 6.07) is 18.9. The number of halogens is 2. The van der Waals surface area contributed by atoms with Crippen molar-refractivity contribution in [3.63, 3.8) is 0 Å². The fourth-order valence-corrected chi connectivity index (χ4v) is 5.59. The van der Waals surface area contributed by atoms with Crippen molar-refractivity contribution in [1.82, 2.24) is 10.2 Å². The van der Waals surface area contributed by atoms with E-state index in [9.17, 15) is 18.0 Å². The summed E-state index contributed by atoms with van der Waals surface area (Å²) >= 11 is 12.3. The van der Waals surface area contributed by atoms with Crippen LogP contribution in [0.2, 0.25) is 10.0 Å². The zero-order valence-corrected chi connectivity index (χ0v) is 23.9. The van der Waals surface area contributed by atoms with Gasteiger partial charge in [-0.3, -0.25) is 13.9 Å². The lowest BCUT2D eigenvalue weighted by atomic mass is 10.1. The van der Waals surface area contributed by atoms with Crippen LogP contribution in [-0.4, -0.2) is 44.3 Å². The van der Waals surface area contributed by atoms with Crippen LogP contribution in [0.25, 0.3) is 0 Å². The van der Waals surface area contributed by atoms with Crippen molar-refractivity contribution in [2.75, 3.05) is 17.4 Å². The molecule has 0 saturated carbocycles. The second-order valence-corrected chi connectivity index (χ2v) is 11.6. The predicted octanol–water partition coefficient (Wildman–Crippen LogP) is 5.44. The number of hydrogen-bond acceptors (Lipinski definition) is 4. The van der Waals surface area contributed by atoms with E-state index in [0.717, 1.165) is 21.9 Å². The predicted molar refractivity (Wildman–Crippen MR) is 152 cm³/mol. The molecule has 1 atom stereocenters. The number of carbonyl (C=O) groups is 2. The first-order chi connectivity index (χ1) is 18.0. The molecule has 0 aromatic heterocycles. The van der Waals surface area contributed by atoms with Gasteiger partial charge in [0.25, 0.3) is 10.0 Å². The first-order valence-electron chi connectivity index (χ1n) is 12.2. The Morgan fingerprint density at radius 3 is 2.29 bits per heavy atom. The Hall–Kier alpha value is -3.07. The van der Waals surface area contributed by atoms with E-state index in [1.165, 1.54) is 35.2 Å². The highest BCUT2D eigenvalue weighted by atomic mass is 35.5. The maximum atomic E-state index is 13.8. The first-order valence-corrected chi connectivity index (χ1v) is 14.4. The molecule has 2 amide bonds. The van der Waals surface area contributed by atoms with Crippen LogP contribution in [0.4, 0.5) is 5.69 Å². The monoisotopic (exact) mass is 575 g/mol. The van der Waals surface area contributed by atoms with E-state index in [2.05, 4.69) is 5.32 Å². The maximum Gasteiger partial charge on any atom is 0.264 e.